The fraction of sp³-hybridized carbons (Fsp3) is 0.412. The number of alkyl halides is 5. The van der Waals surface area contributed by atoms with Crippen LogP contribution in [0.2, 0.25) is 5.02 Å². The summed E-state index contributed by atoms with van der Waals surface area (Å²) in [5.41, 5.74) is 0.384. The maximum absolute atomic E-state index is 13.0. The van der Waals surface area contributed by atoms with E-state index in [-0.39, 0.29) is 27.6 Å². The van der Waals surface area contributed by atoms with Gasteiger partial charge in [0.05, 0.1) is 18.4 Å². The highest BCUT2D eigenvalue weighted by atomic mass is 35.5. The molecule has 0 aliphatic heterocycles. The van der Waals surface area contributed by atoms with Gasteiger partial charge in [0.15, 0.2) is 11.5 Å². The van der Waals surface area contributed by atoms with Gasteiger partial charge in [-0.15, -0.1) is 0 Å². The molecule has 2 aromatic rings. The van der Waals surface area contributed by atoms with Crippen molar-refractivity contribution in [2.75, 3.05) is 6.61 Å². The molecule has 4 nitrogen and oxygen atoms in total. The molecule has 3 rings (SSSR count). The van der Waals surface area contributed by atoms with Crippen molar-refractivity contribution in [3.63, 3.8) is 0 Å². The number of ether oxygens (including phenoxy) is 1. The van der Waals surface area contributed by atoms with E-state index in [1.54, 1.807) is 0 Å². The number of benzene rings is 1. The van der Waals surface area contributed by atoms with E-state index < -0.39 is 31.1 Å². The van der Waals surface area contributed by atoms with Gasteiger partial charge in [-0.3, -0.25) is 4.79 Å². The monoisotopic (exact) mass is 409 g/mol. The average molecular weight is 410 g/mol. The van der Waals surface area contributed by atoms with Crippen molar-refractivity contribution in [1.29, 1.82) is 0 Å². The van der Waals surface area contributed by atoms with Gasteiger partial charge in [-0.2, -0.15) is 22.0 Å². The highest BCUT2D eigenvalue weighted by Gasteiger charge is 2.57. The first kappa shape index (κ1) is 19.8. The third kappa shape index (κ3) is 4.30. The summed E-state index contributed by atoms with van der Waals surface area (Å²) in [4.78, 5) is 12.8. The predicted octanol–water partition coefficient (Wildman–Crippen LogP) is 5.15. The Balaban J connectivity index is 1.79. The van der Waals surface area contributed by atoms with Gasteiger partial charge in [0.25, 0.3) is 0 Å². The van der Waals surface area contributed by atoms with Crippen LogP contribution in [0, 0.1) is 0 Å². The molecule has 0 spiro atoms. The lowest BCUT2D eigenvalue weighted by atomic mass is 9.98. The molecule has 10 heteroatoms. The van der Waals surface area contributed by atoms with Crippen LogP contribution in [0.25, 0.3) is 0 Å². The van der Waals surface area contributed by atoms with Crippen LogP contribution in [0.1, 0.15) is 46.0 Å². The number of hydrogen-bond acceptors (Lipinski definition) is 4. The molecule has 146 valence electrons. The lowest BCUT2D eigenvalue weighted by Crippen LogP contribution is -2.40. The number of nitrogens with zero attached hydrogens (tertiary/aromatic N) is 1. The smallest absolute Gasteiger partial charge is 0.370 e. The zero-order chi connectivity index (χ0) is 19.8. The van der Waals surface area contributed by atoms with Crippen LogP contribution < -0.4 is 0 Å². The minimum absolute atomic E-state index is 0.0693. The lowest BCUT2D eigenvalue weighted by molar-refractivity contribution is -0.297. The van der Waals surface area contributed by atoms with E-state index in [1.165, 1.54) is 24.4 Å². The van der Waals surface area contributed by atoms with Crippen LogP contribution in [0.3, 0.4) is 0 Å². The molecule has 0 saturated heterocycles. The minimum atomic E-state index is -5.72. The summed E-state index contributed by atoms with van der Waals surface area (Å²) in [7, 11) is 0. The second kappa shape index (κ2) is 7.20. The first-order valence-corrected chi connectivity index (χ1v) is 8.28. The van der Waals surface area contributed by atoms with Gasteiger partial charge < -0.3 is 9.26 Å². The largest absolute Gasteiger partial charge is 0.455 e. The Morgan fingerprint density at radius 1 is 1.22 bits per heavy atom. The Kier molecular flexibility index (Phi) is 5.27. The quantitative estimate of drug-likeness (QED) is 0.469. The van der Waals surface area contributed by atoms with E-state index >= 15 is 0 Å². The maximum Gasteiger partial charge on any atom is 0.455 e. The lowest BCUT2D eigenvalue weighted by Gasteiger charge is -2.19. The maximum atomic E-state index is 13.0. The van der Waals surface area contributed by atoms with Gasteiger partial charge >= 0.3 is 12.1 Å². The molecular formula is C17H13ClF5NO3. The number of carbonyl (C=O) groups is 1. The molecule has 0 unspecified atom stereocenters. The molecule has 1 aromatic heterocycles. The number of aromatic nitrogens is 1. The van der Waals surface area contributed by atoms with Gasteiger partial charge in [0.1, 0.15) is 6.61 Å². The number of carbonyl (C=O) groups excluding carboxylic acids is 1. The summed E-state index contributed by atoms with van der Waals surface area (Å²) < 4.78 is 72.3. The van der Waals surface area contributed by atoms with Crippen molar-refractivity contribution in [1.82, 2.24) is 5.16 Å². The third-order valence-electron chi connectivity index (χ3n) is 4.06. The Morgan fingerprint density at radius 2 is 1.93 bits per heavy atom. The van der Waals surface area contributed by atoms with Gasteiger partial charge in [-0.05, 0) is 36.6 Å². The molecule has 0 radical (unpaired) electrons. The van der Waals surface area contributed by atoms with Crippen molar-refractivity contribution in [3.8, 4) is 0 Å². The molecule has 27 heavy (non-hydrogen) atoms. The molecule has 1 heterocycles. The molecular weight excluding hydrogens is 397 g/mol. The van der Waals surface area contributed by atoms with E-state index in [1.807, 2.05) is 0 Å². The molecule has 0 amide bonds. The van der Waals surface area contributed by atoms with Gasteiger partial charge in [0, 0.05) is 16.5 Å². The topological polar surface area (TPSA) is 52.3 Å². The van der Waals surface area contributed by atoms with Crippen molar-refractivity contribution >= 4 is 17.4 Å². The Bertz CT molecular complexity index is 845. The van der Waals surface area contributed by atoms with Crippen LogP contribution in [0.15, 0.2) is 28.9 Å². The van der Waals surface area contributed by atoms with Crippen LogP contribution in [-0.2, 0) is 11.3 Å². The fourth-order valence-electron chi connectivity index (χ4n) is 2.48. The zero-order valence-corrected chi connectivity index (χ0v) is 14.4. The Labute approximate surface area is 155 Å². The molecule has 1 aromatic carbocycles. The predicted molar refractivity (Wildman–Crippen MR) is 84.0 cm³/mol. The molecule has 1 fully saturated rings. The van der Waals surface area contributed by atoms with Gasteiger partial charge in [-0.25, -0.2) is 0 Å². The first-order chi connectivity index (χ1) is 12.6. The van der Waals surface area contributed by atoms with Crippen LogP contribution in [0.5, 0.6) is 0 Å². The molecule has 0 N–H and O–H groups in total. The van der Waals surface area contributed by atoms with Crippen LogP contribution in [-0.4, -0.2) is 29.6 Å². The SMILES string of the molecule is O=C(c1ccc(Cl)cc1COCC(F)(F)C(F)(F)F)c1cnoc1C1CC1. The summed E-state index contributed by atoms with van der Waals surface area (Å²) in [5, 5.41) is 3.80. The van der Waals surface area contributed by atoms with Crippen LogP contribution >= 0.6 is 11.6 Å². The van der Waals surface area contributed by atoms with E-state index in [9.17, 15) is 26.7 Å². The van der Waals surface area contributed by atoms with Gasteiger partial charge in [-0.1, -0.05) is 16.8 Å². The third-order valence-corrected chi connectivity index (χ3v) is 4.29. The number of hydrogen-bond donors (Lipinski definition) is 0. The number of ketones is 1. The fourth-order valence-corrected chi connectivity index (χ4v) is 2.67. The number of rotatable bonds is 7. The van der Waals surface area contributed by atoms with Crippen LogP contribution in [0.4, 0.5) is 22.0 Å². The normalized spacial score (nSPS) is 15.2. The second-order valence-corrected chi connectivity index (χ2v) is 6.64. The van der Waals surface area contributed by atoms with Crippen molar-refractivity contribution in [2.45, 2.75) is 37.5 Å². The summed E-state index contributed by atoms with van der Waals surface area (Å²) in [6.45, 7) is -2.51. The van der Waals surface area contributed by atoms with E-state index in [4.69, 9.17) is 16.1 Å². The Morgan fingerprint density at radius 3 is 2.56 bits per heavy atom. The molecule has 0 bridgehead atoms. The van der Waals surface area contributed by atoms with Gasteiger partial charge in [0.2, 0.25) is 0 Å². The second-order valence-electron chi connectivity index (χ2n) is 6.20. The Hall–Kier alpha value is -2.00. The number of halogens is 6. The summed E-state index contributed by atoms with van der Waals surface area (Å²) >= 11 is 5.85. The molecule has 0 atom stereocenters. The van der Waals surface area contributed by atoms with Crippen molar-refractivity contribution in [3.05, 3.63) is 51.9 Å². The summed E-state index contributed by atoms with van der Waals surface area (Å²) in [5.74, 6) is -4.95. The minimum Gasteiger partial charge on any atom is -0.370 e. The molecule has 1 saturated carbocycles. The van der Waals surface area contributed by atoms with E-state index in [0.29, 0.717) is 5.76 Å². The highest BCUT2D eigenvalue weighted by Crippen LogP contribution is 2.42. The van der Waals surface area contributed by atoms with E-state index in [2.05, 4.69) is 9.89 Å². The highest BCUT2D eigenvalue weighted by molar-refractivity contribution is 6.30. The average Bonchev–Trinajstić information content (AvgIpc) is 3.30. The first-order valence-electron chi connectivity index (χ1n) is 7.90. The standard InChI is InChI=1S/C17H13ClF5NO3/c18-11-3-4-12(14(25)13-6-24-27-15(13)9-1-2-9)10(5-11)7-26-8-16(19,20)17(21,22)23/h3-6,9H,1-2,7-8H2. The van der Waals surface area contributed by atoms with Crippen molar-refractivity contribution < 1.29 is 36.0 Å². The molecule has 1 aliphatic carbocycles. The van der Waals surface area contributed by atoms with Crippen molar-refractivity contribution in [2.24, 2.45) is 0 Å². The summed E-state index contributed by atoms with van der Waals surface area (Å²) in [6.07, 6.45) is -2.74. The zero-order valence-electron chi connectivity index (χ0n) is 13.7. The van der Waals surface area contributed by atoms with E-state index in [0.717, 1.165) is 12.8 Å². The summed E-state index contributed by atoms with van der Waals surface area (Å²) in [6, 6.07) is 4.05. The molecule has 1 aliphatic rings.